The standard InChI is InChI=1S/C39H53NO3/c1-8-9-10-11-12-14-23-41-30-19-22-36(43-37-16-13-15-24-42-37)35(27-30)40-33-25-28(38(2,3)4)17-20-31(33)32-21-18-29(26-34(32)40)39(5,6)7/h17-22,25-27,37H,8-16,23-24H2,1-7H3. The van der Waals surface area contributed by atoms with Crippen molar-refractivity contribution in [3.8, 4) is 17.2 Å². The molecule has 1 unspecified atom stereocenters. The normalized spacial score (nSPS) is 16.2. The summed E-state index contributed by atoms with van der Waals surface area (Å²) in [5, 5.41) is 2.50. The molecular formula is C39H53NO3. The van der Waals surface area contributed by atoms with Crippen molar-refractivity contribution in [2.75, 3.05) is 13.2 Å². The first-order chi connectivity index (χ1) is 20.6. The Kier molecular flexibility index (Phi) is 9.76. The van der Waals surface area contributed by atoms with Crippen molar-refractivity contribution in [1.82, 2.24) is 4.57 Å². The van der Waals surface area contributed by atoms with Crippen LogP contribution in [-0.2, 0) is 15.6 Å². The average molecular weight is 584 g/mol. The number of benzene rings is 3. The molecule has 1 saturated heterocycles. The summed E-state index contributed by atoms with van der Waals surface area (Å²) in [5.41, 5.74) is 6.08. The van der Waals surface area contributed by atoms with Gasteiger partial charge in [0.1, 0.15) is 11.5 Å². The van der Waals surface area contributed by atoms with Gasteiger partial charge in [0, 0.05) is 23.3 Å². The SMILES string of the molecule is CCCCCCCCOc1ccc(OC2CCCCO2)c(-n2c3cc(C(C)(C)C)ccc3c3ccc(C(C)(C)C)cc32)c1. The molecule has 4 aromatic rings. The highest BCUT2D eigenvalue weighted by Gasteiger charge is 2.24. The molecule has 232 valence electrons. The van der Waals surface area contributed by atoms with Crippen LogP contribution in [0.1, 0.15) is 117 Å². The number of nitrogens with zero attached hydrogens (tertiary/aromatic N) is 1. The lowest BCUT2D eigenvalue weighted by atomic mass is 9.86. The highest BCUT2D eigenvalue weighted by Crippen LogP contribution is 2.41. The first kappa shape index (κ1) is 31.4. The Balaban J connectivity index is 1.63. The maximum atomic E-state index is 6.64. The summed E-state index contributed by atoms with van der Waals surface area (Å²) in [6.07, 6.45) is 10.4. The first-order valence-corrected chi connectivity index (χ1v) is 16.7. The highest BCUT2D eigenvalue weighted by atomic mass is 16.7. The van der Waals surface area contributed by atoms with Crippen LogP contribution in [0.3, 0.4) is 0 Å². The first-order valence-electron chi connectivity index (χ1n) is 16.7. The lowest BCUT2D eigenvalue weighted by Crippen LogP contribution is -2.25. The summed E-state index contributed by atoms with van der Waals surface area (Å²) in [5.74, 6) is 1.72. The molecule has 0 saturated carbocycles. The van der Waals surface area contributed by atoms with Crippen LogP contribution in [0, 0.1) is 0 Å². The number of hydrogen-bond donors (Lipinski definition) is 0. The molecule has 1 fully saturated rings. The van der Waals surface area contributed by atoms with Crippen LogP contribution in [0.25, 0.3) is 27.5 Å². The van der Waals surface area contributed by atoms with E-state index in [1.807, 2.05) is 0 Å². The molecule has 1 atom stereocenters. The van der Waals surface area contributed by atoms with Gasteiger partial charge in [0.25, 0.3) is 0 Å². The second-order valence-electron chi connectivity index (χ2n) is 14.5. The fourth-order valence-electron chi connectivity index (χ4n) is 6.09. The maximum Gasteiger partial charge on any atom is 0.199 e. The monoisotopic (exact) mass is 583 g/mol. The van der Waals surface area contributed by atoms with E-state index in [1.165, 1.54) is 65.0 Å². The molecule has 3 aromatic carbocycles. The van der Waals surface area contributed by atoms with Crippen molar-refractivity contribution in [1.29, 1.82) is 0 Å². The number of ether oxygens (including phenoxy) is 3. The molecule has 0 bridgehead atoms. The Labute approximate surface area is 259 Å². The summed E-state index contributed by atoms with van der Waals surface area (Å²) in [6.45, 7) is 17.4. The molecule has 4 nitrogen and oxygen atoms in total. The lowest BCUT2D eigenvalue weighted by Gasteiger charge is -2.26. The molecule has 0 aliphatic carbocycles. The molecule has 0 amide bonds. The molecule has 0 N–H and O–H groups in total. The third-order valence-corrected chi connectivity index (χ3v) is 8.83. The Morgan fingerprint density at radius 1 is 0.744 bits per heavy atom. The summed E-state index contributed by atoms with van der Waals surface area (Å²) in [7, 11) is 0. The van der Waals surface area contributed by atoms with Crippen molar-refractivity contribution in [2.24, 2.45) is 0 Å². The topological polar surface area (TPSA) is 32.6 Å². The Bertz CT molecular complexity index is 1440. The molecule has 2 heterocycles. The summed E-state index contributed by atoms with van der Waals surface area (Å²) in [4.78, 5) is 0. The van der Waals surface area contributed by atoms with E-state index in [9.17, 15) is 0 Å². The quantitative estimate of drug-likeness (QED) is 0.165. The predicted octanol–water partition coefficient (Wildman–Crippen LogP) is 11.0. The molecule has 5 rings (SSSR count). The van der Waals surface area contributed by atoms with Gasteiger partial charge in [-0.15, -0.1) is 0 Å². The van der Waals surface area contributed by atoms with E-state index < -0.39 is 0 Å². The zero-order valence-corrected chi connectivity index (χ0v) is 27.7. The largest absolute Gasteiger partial charge is 0.494 e. The van der Waals surface area contributed by atoms with E-state index in [-0.39, 0.29) is 17.1 Å². The van der Waals surface area contributed by atoms with E-state index in [0.29, 0.717) is 0 Å². The van der Waals surface area contributed by atoms with E-state index >= 15 is 0 Å². The fourth-order valence-corrected chi connectivity index (χ4v) is 6.09. The Hall–Kier alpha value is -2.98. The van der Waals surface area contributed by atoms with Crippen LogP contribution in [0.2, 0.25) is 0 Å². The smallest absolute Gasteiger partial charge is 0.199 e. The number of unbranched alkanes of at least 4 members (excludes halogenated alkanes) is 5. The van der Waals surface area contributed by atoms with Gasteiger partial charge in [0.2, 0.25) is 0 Å². The van der Waals surface area contributed by atoms with Gasteiger partial charge in [-0.2, -0.15) is 0 Å². The van der Waals surface area contributed by atoms with Crippen LogP contribution in [0.15, 0.2) is 54.6 Å². The van der Waals surface area contributed by atoms with Gasteiger partial charge < -0.3 is 18.8 Å². The molecule has 4 heteroatoms. The van der Waals surface area contributed by atoms with Crippen LogP contribution in [-0.4, -0.2) is 24.1 Å². The second kappa shape index (κ2) is 13.3. The third-order valence-electron chi connectivity index (χ3n) is 8.83. The van der Waals surface area contributed by atoms with E-state index in [4.69, 9.17) is 14.2 Å². The van der Waals surface area contributed by atoms with Gasteiger partial charge in [-0.3, -0.25) is 0 Å². The van der Waals surface area contributed by atoms with Crippen molar-refractivity contribution < 1.29 is 14.2 Å². The van der Waals surface area contributed by atoms with Gasteiger partial charge in [0.15, 0.2) is 6.29 Å². The van der Waals surface area contributed by atoms with Gasteiger partial charge in [0.05, 0.1) is 29.9 Å². The van der Waals surface area contributed by atoms with Gasteiger partial charge in [-0.05, 0) is 65.5 Å². The average Bonchev–Trinajstić information content (AvgIpc) is 3.30. The van der Waals surface area contributed by atoms with Crippen molar-refractivity contribution in [2.45, 2.75) is 123 Å². The summed E-state index contributed by atoms with van der Waals surface area (Å²) >= 11 is 0. The number of rotatable bonds is 11. The van der Waals surface area contributed by atoms with E-state index in [2.05, 4.69) is 108 Å². The molecule has 1 aromatic heterocycles. The lowest BCUT2D eigenvalue weighted by molar-refractivity contribution is -0.105. The van der Waals surface area contributed by atoms with Crippen LogP contribution in [0.5, 0.6) is 11.5 Å². The molecular weight excluding hydrogens is 530 g/mol. The molecule has 0 spiro atoms. The van der Waals surface area contributed by atoms with E-state index in [1.54, 1.807) is 0 Å². The summed E-state index contributed by atoms with van der Waals surface area (Å²) < 4.78 is 21.5. The third kappa shape index (κ3) is 7.40. The van der Waals surface area contributed by atoms with Gasteiger partial charge >= 0.3 is 0 Å². The van der Waals surface area contributed by atoms with Crippen LogP contribution < -0.4 is 9.47 Å². The van der Waals surface area contributed by atoms with Gasteiger partial charge in [-0.25, -0.2) is 0 Å². The molecule has 1 aliphatic rings. The van der Waals surface area contributed by atoms with Crippen molar-refractivity contribution in [3.63, 3.8) is 0 Å². The van der Waals surface area contributed by atoms with E-state index in [0.717, 1.165) is 56.1 Å². The Morgan fingerprint density at radius 2 is 1.37 bits per heavy atom. The second-order valence-corrected chi connectivity index (χ2v) is 14.5. The number of hydrogen-bond acceptors (Lipinski definition) is 3. The minimum Gasteiger partial charge on any atom is -0.494 e. The van der Waals surface area contributed by atoms with Crippen LogP contribution >= 0.6 is 0 Å². The highest BCUT2D eigenvalue weighted by molar-refractivity contribution is 6.10. The molecule has 43 heavy (non-hydrogen) atoms. The fraction of sp³-hybridized carbons (Fsp3) is 0.538. The molecule has 1 aliphatic heterocycles. The minimum atomic E-state index is -0.231. The minimum absolute atomic E-state index is 0.0312. The maximum absolute atomic E-state index is 6.64. The predicted molar refractivity (Wildman–Crippen MR) is 181 cm³/mol. The summed E-state index contributed by atoms with van der Waals surface area (Å²) in [6, 6.07) is 20.3. The number of aromatic nitrogens is 1. The zero-order valence-electron chi connectivity index (χ0n) is 27.7. The number of fused-ring (bicyclic) bond motifs is 3. The van der Waals surface area contributed by atoms with Crippen molar-refractivity contribution in [3.05, 3.63) is 65.7 Å². The van der Waals surface area contributed by atoms with Gasteiger partial charge in [-0.1, -0.05) is 105 Å². The van der Waals surface area contributed by atoms with Crippen LogP contribution in [0.4, 0.5) is 0 Å². The van der Waals surface area contributed by atoms with Crippen molar-refractivity contribution >= 4 is 21.8 Å². The zero-order chi connectivity index (χ0) is 30.6. The Morgan fingerprint density at radius 3 is 1.95 bits per heavy atom. The molecule has 0 radical (unpaired) electrons.